The highest BCUT2D eigenvalue weighted by molar-refractivity contribution is 9.10. The first-order valence-corrected chi connectivity index (χ1v) is 7.04. The SMILES string of the molecule is CC(C)Oc1ccn2c(-c3cncc(Br)n3)cnc2c1. The van der Waals surface area contributed by atoms with E-state index in [2.05, 4.69) is 30.9 Å². The van der Waals surface area contributed by atoms with E-state index < -0.39 is 0 Å². The number of halogens is 1. The zero-order valence-corrected chi connectivity index (χ0v) is 12.7. The fourth-order valence-corrected chi connectivity index (χ4v) is 2.27. The van der Waals surface area contributed by atoms with Crippen LogP contribution in [-0.2, 0) is 0 Å². The average Bonchev–Trinajstić information content (AvgIpc) is 2.81. The molecule has 0 aromatic carbocycles. The number of aromatic nitrogens is 4. The summed E-state index contributed by atoms with van der Waals surface area (Å²) in [7, 11) is 0. The highest BCUT2D eigenvalue weighted by Gasteiger charge is 2.09. The van der Waals surface area contributed by atoms with Gasteiger partial charge in [-0.1, -0.05) is 0 Å². The molecule has 0 amide bonds. The quantitative estimate of drug-likeness (QED) is 0.738. The number of pyridine rings is 1. The van der Waals surface area contributed by atoms with Gasteiger partial charge in [-0.25, -0.2) is 9.97 Å². The molecule has 0 atom stereocenters. The molecule has 3 rings (SSSR count). The van der Waals surface area contributed by atoms with Crippen LogP contribution in [0.5, 0.6) is 5.75 Å². The first kappa shape index (κ1) is 13.1. The van der Waals surface area contributed by atoms with Gasteiger partial charge < -0.3 is 4.74 Å². The third-order valence-corrected chi connectivity index (χ3v) is 3.11. The fraction of sp³-hybridized carbons (Fsp3) is 0.214. The third kappa shape index (κ3) is 2.51. The molecule has 3 aromatic rings. The van der Waals surface area contributed by atoms with Gasteiger partial charge in [-0.15, -0.1) is 0 Å². The molecule has 20 heavy (non-hydrogen) atoms. The van der Waals surface area contributed by atoms with Crippen LogP contribution in [0.25, 0.3) is 17.0 Å². The molecule has 102 valence electrons. The van der Waals surface area contributed by atoms with E-state index >= 15 is 0 Å². The van der Waals surface area contributed by atoms with Crippen LogP contribution >= 0.6 is 15.9 Å². The maximum absolute atomic E-state index is 5.67. The minimum atomic E-state index is 0.142. The van der Waals surface area contributed by atoms with Crippen LogP contribution in [0.3, 0.4) is 0 Å². The lowest BCUT2D eigenvalue weighted by molar-refractivity contribution is 0.242. The Morgan fingerprint density at radius 1 is 1.25 bits per heavy atom. The van der Waals surface area contributed by atoms with E-state index in [0.717, 1.165) is 22.8 Å². The molecule has 0 unspecified atom stereocenters. The number of fused-ring (bicyclic) bond motifs is 1. The van der Waals surface area contributed by atoms with Crippen molar-refractivity contribution in [2.75, 3.05) is 0 Å². The number of imidazole rings is 1. The summed E-state index contributed by atoms with van der Waals surface area (Å²) in [6.45, 7) is 4.00. The zero-order chi connectivity index (χ0) is 14.1. The van der Waals surface area contributed by atoms with E-state index in [1.807, 2.05) is 36.6 Å². The van der Waals surface area contributed by atoms with E-state index in [-0.39, 0.29) is 6.10 Å². The normalized spacial score (nSPS) is 11.2. The summed E-state index contributed by atoms with van der Waals surface area (Å²) in [6.07, 6.45) is 7.22. The summed E-state index contributed by atoms with van der Waals surface area (Å²) in [5.74, 6) is 0.810. The van der Waals surface area contributed by atoms with Gasteiger partial charge in [-0.3, -0.25) is 9.38 Å². The Morgan fingerprint density at radius 2 is 2.10 bits per heavy atom. The highest BCUT2D eigenvalue weighted by atomic mass is 79.9. The van der Waals surface area contributed by atoms with E-state index in [9.17, 15) is 0 Å². The third-order valence-electron chi connectivity index (χ3n) is 2.72. The summed E-state index contributed by atoms with van der Waals surface area (Å²) >= 11 is 3.33. The maximum atomic E-state index is 5.67. The molecule has 0 aliphatic heterocycles. The van der Waals surface area contributed by atoms with Crippen molar-refractivity contribution in [1.82, 2.24) is 19.4 Å². The minimum Gasteiger partial charge on any atom is -0.491 e. The molecule has 3 heterocycles. The molecule has 0 aliphatic rings. The van der Waals surface area contributed by atoms with Gasteiger partial charge in [0.05, 0.1) is 30.4 Å². The second-order valence-electron chi connectivity index (χ2n) is 4.63. The van der Waals surface area contributed by atoms with Gasteiger partial charge in [-0.05, 0) is 35.8 Å². The lowest BCUT2D eigenvalue weighted by atomic mass is 10.3. The van der Waals surface area contributed by atoms with Crippen molar-refractivity contribution < 1.29 is 4.74 Å². The van der Waals surface area contributed by atoms with Gasteiger partial charge in [0.1, 0.15) is 21.7 Å². The minimum absolute atomic E-state index is 0.142. The summed E-state index contributed by atoms with van der Waals surface area (Å²) in [5, 5.41) is 0. The summed E-state index contributed by atoms with van der Waals surface area (Å²) in [4.78, 5) is 12.9. The van der Waals surface area contributed by atoms with Crippen molar-refractivity contribution in [2.45, 2.75) is 20.0 Å². The number of ether oxygens (including phenoxy) is 1. The van der Waals surface area contributed by atoms with Gasteiger partial charge in [0.25, 0.3) is 0 Å². The average molecular weight is 333 g/mol. The Hall–Kier alpha value is -1.95. The predicted octanol–water partition coefficient (Wildman–Crippen LogP) is 3.34. The molecule has 0 aliphatic carbocycles. The monoisotopic (exact) mass is 332 g/mol. The molecule has 0 spiro atoms. The number of rotatable bonds is 3. The Kier molecular flexibility index (Phi) is 3.40. The van der Waals surface area contributed by atoms with Crippen molar-refractivity contribution in [1.29, 1.82) is 0 Å². The molecular weight excluding hydrogens is 320 g/mol. The summed E-state index contributed by atoms with van der Waals surface area (Å²) < 4.78 is 8.33. The van der Waals surface area contributed by atoms with Crippen molar-refractivity contribution in [2.24, 2.45) is 0 Å². The van der Waals surface area contributed by atoms with Crippen LogP contribution in [0.1, 0.15) is 13.8 Å². The zero-order valence-electron chi connectivity index (χ0n) is 11.1. The van der Waals surface area contributed by atoms with Crippen LogP contribution in [0, 0.1) is 0 Å². The molecular formula is C14H13BrN4O. The topological polar surface area (TPSA) is 52.3 Å². The lowest BCUT2D eigenvalue weighted by Crippen LogP contribution is -2.05. The van der Waals surface area contributed by atoms with Crippen molar-refractivity contribution in [3.05, 3.63) is 41.5 Å². The van der Waals surface area contributed by atoms with Gasteiger partial charge in [0.2, 0.25) is 0 Å². The lowest BCUT2D eigenvalue weighted by Gasteiger charge is -2.09. The molecule has 3 aromatic heterocycles. The van der Waals surface area contributed by atoms with Crippen molar-refractivity contribution in [3.8, 4) is 17.1 Å². The van der Waals surface area contributed by atoms with E-state index in [0.29, 0.717) is 4.60 Å². The molecule has 6 heteroatoms. The molecule has 0 bridgehead atoms. The molecule has 0 fully saturated rings. The highest BCUT2D eigenvalue weighted by Crippen LogP contribution is 2.22. The van der Waals surface area contributed by atoms with Crippen molar-refractivity contribution in [3.63, 3.8) is 0 Å². The first-order valence-electron chi connectivity index (χ1n) is 6.25. The van der Waals surface area contributed by atoms with Crippen molar-refractivity contribution >= 4 is 21.6 Å². The Morgan fingerprint density at radius 3 is 2.85 bits per heavy atom. The van der Waals surface area contributed by atoms with Gasteiger partial charge in [0, 0.05) is 12.3 Å². The summed E-state index contributed by atoms with van der Waals surface area (Å²) in [6, 6.07) is 3.83. The largest absolute Gasteiger partial charge is 0.491 e. The molecule has 0 saturated carbocycles. The molecule has 0 radical (unpaired) electrons. The first-order chi connectivity index (χ1) is 9.63. The second-order valence-corrected chi connectivity index (χ2v) is 5.44. The molecule has 5 nitrogen and oxygen atoms in total. The van der Waals surface area contributed by atoms with Gasteiger partial charge >= 0.3 is 0 Å². The number of hydrogen-bond donors (Lipinski definition) is 0. The predicted molar refractivity (Wildman–Crippen MR) is 79.7 cm³/mol. The Labute approximate surface area is 124 Å². The van der Waals surface area contributed by atoms with E-state index in [1.54, 1.807) is 18.6 Å². The second kappa shape index (κ2) is 5.20. The molecule has 0 saturated heterocycles. The Balaban J connectivity index is 2.06. The van der Waals surface area contributed by atoms with Crippen LogP contribution in [0.2, 0.25) is 0 Å². The van der Waals surface area contributed by atoms with Crippen LogP contribution in [-0.4, -0.2) is 25.5 Å². The van der Waals surface area contributed by atoms with E-state index in [1.165, 1.54) is 0 Å². The van der Waals surface area contributed by atoms with Gasteiger partial charge in [-0.2, -0.15) is 0 Å². The van der Waals surface area contributed by atoms with Gasteiger partial charge in [0.15, 0.2) is 0 Å². The summed E-state index contributed by atoms with van der Waals surface area (Å²) in [5.41, 5.74) is 2.48. The molecule has 0 N–H and O–H groups in total. The standard InChI is InChI=1S/C14H13BrN4O/c1-9(2)20-10-3-4-19-12(7-17-14(19)5-10)11-6-16-8-13(15)18-11/h3-9H,1-2H3. The maximum Gasteiger partial charge on any atom is 0.140 e. The number of nitrogens with zero attached hydrogens (tertiary/aromatic N) is 4. The Bertz CT molecular complexity index is 754. The fourth-order valence-electron chi connectivity index (χ4n) is 1.96. The van der Waals surface area contributed by atoms with Crippen LogP contribution in [0.15, 0.2) is 41.5 Å². The van der Waals surface area contributed by atoms with Crippen LogP contribution < -0.4 is 4.74 Å². The smallest absolute Gasteiger partial charge is 0.140 e. The number of hydrogen-bond acceptors (Lipinski definition) is 4. The van der Waals surface area contributed by atoms with Crippen LogP contribution in [0.4, 0.5) is 0 Å². The van der Waals surface area contributed by atoms with E-state index in [4.69, 9.17) is 4.74 Å².